The van der Waals surface area contributed by atoms with Crippen LogP contribution in [0.1, 0.15) is 41.5 Å². The Morgan fingerprint density at radius 2 is 2.00 bits per heavy atom. The van der Waals surface area contributed by atoms with Crippen molar-refractivity contribution in [2.24, 2.45) is 0 Å². The van der Waals surface area contributed by atoms with Gasteiger partial charge in [-0.2, -0.15) is 0 Å². The molecule has 0 fully saturated rings. The molecule has 86 valence electrons. The van der Waals surface area contributed by atoms with Crippen LogP contribution in [0.25, 0.3) is 0 Å². The van der Waals surface area contributed by atoms with Crippen molar-refractivity contribution in [3.8, 4) is 0 Å². The smallest absolute Gasteiger partial charge is 0.00490 e. The monoisotopic (exact) mass is 225 g/mol. The summed E-state index contributed by atoms with van der Waals surface area (Å²) in [5.41, 5.74) is 1.56. The van der Waals surface area contributed by atoms with Gasteiger partial charge >= 0.3 is 0 Å². The molecule has 0 amide bonds. The summed E-state index contributed by atoms with van der Waals surface area (Å²) in [5, 5.41) is 3.44. The Labute approximate surface area is 97.9 Å². The first-order valence-corrected chi connectivity index (χ1v) is 6.82. The summed E-state index contributed by atoms with van der Waals surface area (Å²) < 4.78 is 0. The zero-order chi connectivity index (χ0) is 11.1. The van der Waals surface area contributed by atoms with E-state index in [9.17, 15) is 0 Å². The summed E-state index contributed by atoms with van der Waals surface area (Å²) in [6.45, 7) is 8.99. The molecule has 1 N–H and O–H groups in total. The predicted molar refractivity (Wildman–Crippen MR) is 69.9 cm³/mol. The van der Waals surface area contributed by atoms with E-state index in [4.69, 9.17) is 0 Å². The summed E-state index contributed by atoms with van der Waals surface area (Å²) >= 11 is 1.93. The molecule has 1 rings (SSSR count). The number of rotatable bonds is 7. The molecule has 0 saturated heterocycles. The molecule has 1 aromatic rings. The SMILES string of the molecule is CCCNCCCCc1cc(C)sc1C. The normalized spacial score (nSPS) is 10.9. The minimum Gasteiger partial charge on any atom is -0.317 e. The van der Waals surface area contributed by atoms with Gasteiger partial charge in [-0.05, 0) is 64.3 Å². The van der Waals surface area contributed by atoms with Gasteiger partial charge in [-0.1, -0.05) is 6.92 Å². The van der Waals surface area contributed by atoms with Crippen molar-refractivity contribution in [3.05, 3.63) is 21.4 Å². The molecular formula is C13H23NS. The van der Waals surface area contributed by atoms with Crippen LogP contribution in [0.2, 0.25) is 0 Å². The summed E-state index contributed by atoms with van der Waals surface area (Å²) in [5.74, 6) is 0. The highest BCUT2D eigenvalue weighted by atomic mass is 32.1. The van der Waals surface area contributed by atoms with Crippen molar-refractivity contribution in [3.63, 3.8) is 0 Å². The van der Waals surface area contributed by atoms with Gasteiger partial charge in [0.25, 0.3) is 0 Å². The summed E-state index contributed by atoms with van der Waals surface area (Å²) in [6.07, 6.45) is 5.11. The average molecular weight is 225 g/mol. The maximum absolute atomic E-state index is 3.44. The first kappa shape index (κ1) is 12.7. The standard InChI is InChI=1S/C13H23NS/c1-4-8-14-9-6-5-7-13-10-11(2)15-12(13)3/h10,14H,4-9H2,1-3H3. The van der Waals surface area contributed by atoms with E-state index in [1.165, 1.54) is 42.0 Å². The van der Waals surface area contributed by atoms with Gasteiger partial charge in [0.05, 0.1) is 0 Å². The molecule has 0 aliphatic heterocycles. The Morgan fingerprint density at radius 1 is 1.20 bits per heavy atom. The van der Waals surface area contributed by atoms with E-state index >= 15 is 0 Å². The molecule has 0 saturated carbocycles. The van der Waals surface area contributed by atoms with Gasteiger partial charge < -0.3 is 5.32 Å². The molecule has 1 heterocycles. The molecule has 0 spiro atoms. The van der Waals surface area contributed by atoms with Crippen molar-refractivity contribution in [1.29, 1.82) is 0 Å². The Balaban J connectivity index is 2.12. The third-order valence-corrected chi connectivity index (χ3v) is 3.63. The van der Waals surface area contributed by atoms with E-state index in [2.05, 4.69) is 32.2 Å². The second kappa shape index (κ2) is 7.02. The zero-order valence-electron chi connectivity index (χ0n) is 10.2. The van der Waals surface area contributed by atoms with E-state index in [1.54, 1.807) is 5.56 Å². The third-order valence-electron chi connectivity index (χ3n) is 2.62. The van der Waals surface area contributed by atoms with Gasteiger partial charge in [0, 0.05) is 9.75 Å². The van der Waals surface area contributed by atoms with Gasteiger partial charge in [-0.25, -0.2) is 0 Å². The lowest BCUT2D eigenvalue weighted by molar-refractivity contribution is 0.616. The predicted octanol–water partition coefficient (Wildman–Crippen LogP) is 3.69. The molecular weight excluding hydrogens is 202 g/mol. The van der Waals surface area contributed by atoms with Gasteiger partial charge in [0.2, 0.25) is 0 Å². The summed E-state index contributed by atoms with van der Waals surface area (Å²) in [4.78, 5) is 2.96. The number of aryl methyl sites for hydroxylation is 3. The lowest BCUT2D eigenvalue weighted by atomic mass is 10.1. The van der Waals surface area contributed by atoms with Crippen molar-refractivity contribution < 1.29 is 0 Å². The minimum absolute atomic E-state index is 1.16. The summed E-state index contributed by atoms with van der Waals surface area (Å²) in [7, 11) is 0. The molecule has 1 aromatic heterocycles. The van der Waals surface area contributed by atoms with Crippen LogP contribution in [-0.4, -0.2) is 13.1 Å². The number of hydrogen-bond acceptors (Lipinski definition) is 2. The Hall–Kier alpha value is -0.340. The Bertz CT molecular complexity index is 278. The largest absolute Gasteiger partial charge is 0.317 e. The van der Waals surface area contributed by atoms with Crippen LogP contribution >= 0.6 is 11.3 Å². The van der Waals surface area contributed by atoms with E-state index < -0.39 is 0 Å². The summed E-state index contributed by atoms with van der Waals surface area (Å²) in [6, 6.07) is 2.35. The van der Waals surface area contributed by atoms with Gasteiger partial charge in [0.15, 0.2) is 0 Å². The van der Waals surface area contributed by atoms with E-state index in [0.29, 0.717) is 0 Å². The lowest BCUT2D eigenvalue weighted by Crippen LogP contribution is -2.15. The molecule has 0 aliphatic rings. The fraction of sp³-hybridized carbons (Fsp3) is 0.692. The van der Waals surface area contributed by atoms with Crippen molar-refractivity contribution >= 4 is 11.3 Å². The van der Waals surface area contributed by atoms with Crippen LogP contribution in [-0.2, 0) is 6.42 Å². The lowest BCUT2D eigenvalue weighted by Gasteiger charge is -2.02. The highest BCUT2D eigenvalue weighted by Gasteiger charge is 2.01. The second-order valence-corrected chi connectivity index (χ2v) is 5.61. The molecule has 0 aromatic carbocycles. The van der Waals surface area contributed by atoms with E-state index in [0.717, 1.165) is 6.54 Å². The fourth-order valence-corrected chi connectivity index (χ4v) is 2.78. The maximum atomic E-state index is 3.44. The fourth-order valence-electron chi connectivity index (χ4n) is 1.80. The number of hydrogen-bond donors (Lipinski definition) is 1. The number of unbranched alkanes of at least 4 members (excludes halogenated alkanes) is 1. The van der Waals surface area contributed by atoms with Crippen LogP contribution < -0.4 is 5.32 Å². The quantitative estimate of drug-likeness (QED) is 0.698. The van der Waals surface area contributed by atoms with Crippen LogP contribution in [0, 0.1) is 13.8 Å². The van der Waals surface area contributed by atoms with Crippen LogP contribution in [0.3, 0.4) is 0 Å². The molecule has 2 heteroatoms. The highest BCUT2D eigenvalue weighted by molar-refractivity contribution is 7.12. The molecule has 0 radical (unpaired) electrons. The number of thiophene rings is 1. The molecule has 0 aliphatic carbocycles. The first-order chi connectivity index (χ1) is 7.24. The zero-order valence-corrected chi connectivity index (χ0v) is 11.0. The van der Waals surface area contributed by atoms with E-state index in [1.807, 2.05) is 11.3 Å². The average Bonchev–Trinajstić information content (AvgIpc) is 2.51. The minimum atomic E-state index is 1.16. The van der Waals surface area contributed by atoms with Crippen molar-refractivity contribution in [1.82, 2.24) is 5.32 Å². The van der Waals surface area contributed by atoms with Crippen LogP contribution in [0.5, 0.6) is 0 Å². The van der Waals surface area contributed by atoms with Crippen LogP contribution in [0.15, 0.2) is 6.07 Å². The maximum Gasteiger partial charge on any atom is 0.00490 e. The van der Waals surface area contributed by atoms with Gasteiger partial charge in [-0.3, -0.25) is 0 Å². The second-order valence-electron chi connectivity index (χ2n) is 4.15. The van der Waals surface area contributed by atoms with Crippen molar-refractivity contribution in [2.45, 2.75) is 46.5 Å². The molecule has 0 bridgehead atoms. The Morgan fingerprint density at radius 3 is 2.60 bits per heavy atom. The molecule has 15 heavy (non-hydrogen) atoms. The first-order valence-electron chi connectivity index (χ1n) is 6.00. The van der Waals surface area contributed by atoms with Gasteiger partial charge in [-0.15, -0.1) is 11.3 Å². The topological polar surface area (TPSA) is 12.0 Å². The Kier molecular flexibility index (Phi) is 5.96. The van der Waals surface area contributed by atoms with E-state index in [-0.39, 0.29) is 0 Å². The van der Waals surface area contributed by atoms with Crippen LogP contribution in [0.4, 0.5) is 0 Å². The number of nitrogens with one attached hydrogen (secondary N) is 1. The molecule has 0 unspecified atom stereocenters. The van der Waals surface area contributed by atoms with Crippen molar-refractivity contribution in [2.75, 3.05) is 13.1 Å². The molecule has 1 nitrogen and oxygen atoms in total. The third kappa shape index (κ3) is 4.80. The van der Waals surface area contributed by atoms with Gasteiger partial charge in [0.1, 0.15) is 0 Å². The highest BCUT2D eigenvalue weighted by Crippen LogP contribution is 2.21. The molecule has 0 atom stereocenters.